The molecule has 4 nitrogen and oxygen atoms in total. The van der Waals surface area contributed by atoms with Gasteiger partial charge in [0.25, 0.3) is 0 Å². The highest BCUT2D eigenvalue weighted by Gasteiger charge is 2.03. The van der Waals surface area contributed by atoms with Gasteiger partial charge in [-0.3, -0.25) is 0 Å². The third-order valence-corrected chi connectivity index (χ3v) is 2.08. The van der Waals surface area contributed by atoms with Crippen molar-refractivity contribution >= 4 is 0 Å². The Labute approximate surface area is 89.1 Å². The fourth-order valence-electron chi connectivity index (χ4n) is 1.40. The van der Waals surface area contributed by atoms with Crippen molar-refractivity contribution in [1.29, 1.82) is 0 Å². The van der Waals surface area contributed by atoms with Crippen LogP contribution in [-0.4, -0.2) is 16.7 Å². The van der Waals surface area contributed by atoms with Crippen LogP contribution in [0, 0.1) is 6.92 Å². The molecule has 1 heterocycles. The summed E-state index contributed by atoms with van der Waals surface area (Å²) in [4.78, 5) is 4.18. The number of nitrogens with zero attached hydrogens (tertiary/aromatic N) is 2. The summed E-state index contributed by atoms with van der Waals surface area (Å²) < 4.78 is 7.21. The second-order valence-corrected chi connectivity index (χ2v) is 3.09. The van der Waals surface area contributed by atoms with Crippen LogP contribution in [0.3, 0.4) is 0 Å². The van der Waals surface area contributed by atoms with Crippen LogP contribution >= 0.6 is 0 Å². The normalized spacial score (nSPS) is 9.47. The summed E-state index contributed by atoms with van der Waals surface area (Å²) in [5.74, 6) is 0.852. The van der Waals surface area contributed by atoms with E-state index in [4.69, 9.17) is 4.74 Å². The van der Waals surface area contributed by atoms with E-state index in [1.54, 1.807) is 13.4 Å². The monoisotopic (exact) mass is 205 g/mol. The molecule has 2 aromatic rings. The number of imidazole rings is 1. The van der Waals surface area contributed by atoms with Crippen molar-refractivity contribution in [3.63, 3.8) is 0 Å². The van der Waals surface area contributed by atoms with Crippen LogP contribution < -0.4 is 10.9 Å². The maximum atomic E-state index is 5.26. The molecule has 0 fully saturated rings. The summed E-state index contributed by atoms with van der Waals surface area (Å²) in [7, 11) is 1.67. The van der Waals surface area contributed by atoms with Crippen LogP contribution in [0.4, 0.5) is 0 Å². The quantitative estimate of drug-likeness (QED) is 0.818. The van der Waals surface area contributed by atoms with Gasteiger partial charge in [0.1, 0.15) is 5.75 Å². The third-order valence-electron chi connectivity index (χ3n) is 2.08. The van der Waals surface area contributed by atoms with E-state index >= 15 is 0 Å². The van der Waals surface area contributed by atoms with Crippen molar-refractivity contribution < 1.29 is 4.74 Å². The molecule has 0 radical (unpaired) electrons. The zero-order valence-electron chi connectivity index (χ0n) is 8.97. The summed E-state index contributed by atoms with van der Waals surface area (Å²) in [6.45, 7) is 1.96. The van der Waals surface area contributed by atoms with Crippen LogP contribution in [0.15, 0.2) is 36.8 Å². The molecule has 80 valence electrons. The predicted molar refractivity (Wildman–Crippen MR) is 59.9 cm³/mol. The number of benzene rings is 1. The Hall–Kier alpha value is -1.81. The highest BCUT2D eigenvalue weighted by atomic mass is 16.5. The largest absolute Gasteiger partial charge is 0.495 e. The summed E-state index contributed by atoms with van der Waals surface area (Å²) in [5, 5.41) is 0. The molecule has 0 saturated heterocycles. The third kappa shape index (κ3) is 2.16. The molecule has 0 aliphatic rings. The average molecular weight is 205 g/mol. The lowest BCUT2D eigenvalue weighted by Crippen LogP contribution is -1.94. The zero-order chi connectivity index (χ0) is 9.97. The molecule has 0 unspecified atom stereocenters. The molecule has 0 atom stereocenters. The van der Waals surface area contributed by atoms with Gasteiger partial charge in [0.15, 0.2) is 0 Å². The first kappa shape index (κ1) is 11.3. The molecular formula is C11H15N3O. The molecule has 1 aromatic heterocycles. The van der Waals surface area contributed by atoms with E-state index in [1.807, 2.05) is 42.0 Å². The van der Waals surface area contributed by atoms with Gasteiger partial charge in [0.05, 0.1) is 24.8 Å². The van der Waals surface area contributed by atoms with Gasteiger partial charge in [-0.05, 0) is 19.1 Å². The summed E-state index contributed by atoms with van der Waals surface area (Å²) in [5.41, 5.74) is 2.01. The fraction of sp³-hybridized carbons (Fsp3) is 0.182. The van der Waals surface area contributed by atoms with Gasteiger partial charge < -0.3 is 15.5 Å². The van der Waals surface area contributed by atoms with Crippen molar-refractivity contribution in [2.75, 3.05) is 7.11 Å². The summed E-state index contributed by atoms with van der Waals surface area (Å²) >= 11 is 0. The fourth-order valence-corrected chi connectivity index (χ4v) is 1.40. The first-order valence-corrected chi connectivity index (χ1v) is 4.45. The Kier molecular flexibility index (Phi) is 3.46. The van der Waals surface area contributed by atoms with Gasteiger partial charge in [-0.25, -0.2) is 4.98 Å². The van der Waals surface area contributed by atoms with Gasteiger partial charge in [-0.15, -0.1) is 0 Å². The number of aryl methyl sites for hydroxylation is 1. The van der Waals surface area contributed by atoms with Gasteiger partial charge in [-0.2, -0.15) is 0 Å². The van der Waals surface area contributed by atoms with Crippen molar-refractivity contribution in [3.05, 3.63) is 42.5 Å². The van der Waals surface area contributed by atoms with Crippen molar-refractivity contribution in [1.82, 2.24) is 15.7 Å². The number of hydrogen-bond acceptors (Lipinski definition) is 3. The predicted octanol–water partition coefficient (Wildman–Crippen LogP) is 2.35. The van der Waals surface area contributed by atoms with Crippen molar-refractivity contribution in [3.8, 4) is 11.4 Å². The van der Waals surface area contributed by atoms with E-state index in [0.717, 1.165) is 17.1 Å². The number of ether oxygens (including phenoxy) is 1. The van der Waals surface area contributed by atoms with E-state index in [0.29, 0.717) is 0 Å². The average Bonchev–Trinajstić information content (AvgIpc) is 2.65. The Bertz CT molecular complexity index is 437. The lowest BCUT2D eigenvalue weighted by Gasteiger charge is -2.07. The number of methoxy groups -OCH3 is 1. The number of hydrogen-bond donors (Lipinski definition) is 1. The van der Waals surface area contributed by atoms with Crippen LogP contribution in [0.25, 0.3) is 5.69 Å². The van der Waals surface area contributed by atoms with E-state index < -0.39 is 0 Å². The number of para-hydroxylation sites is 2. The Morgan fingerprint density at radius 2 is 2.00 bits per heavy atom. The molecule has 0 bridgehead atoms. The van der Waals surface area contributed by atoms with E-state index in [9.17, 15) is 0 Å². The van der Waals surface area contributed by atoms with Crippen LogP contribution in [0.1, 0.15) is 5.69 Å². The van der Waals surface area contributed by atoms with Gasteiger partial charge in [0, 0.05) is 6.20 Å². The second kappa shape index (κ2) is 4.61. The number of aromatic nitrogens is 2. The maximum absolute atomic E-state index is 5.26. The molecule has 0 saturated carbocycles. The molecule has 1 aromatic carbocycles. The minimum absolute atomic E-state index is 0. The Morgan fingerprint density at radius 3 is 2.60 bits per heavy atom. The molecule has 0 aliphatic carbocycles. The van der Waals surface area contributed by atoms with Crippen LogP contribution in [0.2, 0.25) is 0 Å². The van der Waals surface area contributed by atoms with Gasteiger partial charge in [-0.1, -0.05) is 12.1 Å². The molecule has 3 N–H and O–H groups in total. The lowest BCUT2D eigenvalue weighted by molar-refractivity contribution is 0.413. The first-order chi connectivity index (χ1) is 6.81. The van der Waals surface area contributed by atoms with Gasteiger partial charge >= 0.3 is 0 Å². The molecule has 0 amide bonds. The molecule has 4 heteroatoms. The standard InChI is InChI=1S/C11H12N2O.H3N/c1-9-7-13(8-12-9)10-5-3-4-6-11(10)14-2;/h3-8H,1-2H3;1H3. The minimum atomic E-state index is 0. The lowest BCUT2D eigenvalue weighted by atomic mass is 10.3. The molecule has 2 rings (SSSR count). The summed E-state index contributed by atoms with van der Waals surface area (Å²) in [6, 6.07) is 7.87. The van der Waals surface area contributed by atoms with Crippen LogP contribution in [-0.2, 0) is 0 Å². The smallest absolute Gasteiger partial charge is 0.142 e. The molecule has 15 heavy (non-hydrogen) atoms. The molecule has 0 aliphatic heterocycles. The van der Waals surface area contributed by atoms with Crippen molar-refractivity contribution in [2.24, 2.45) is 0 Å². The van der Waals surface area contributed by atoms with E-state index in [2.05, 4.69) is 4.98 Å². The second-order valence-electron chi connectivity index (χ2n) is 3.09. The number of rotatable bonds is 2. The Balaban J connectivity index is 0.00000112. The highest BCUT2D eigenvalue weighted by molar-refractivity contribution is 5.46. The van der Waals surface area contributed by atoms with Crippen molar-refractivity contribution in [2.45, 2.75) is 6.92 Å². The van der Waals surface area contributed by atoms with Gasteiger partial charge in [0.2, 0.25) is 0 Å². The SMILES string of the molecule is COc1ccccc1-n1cnc(C)c1.N. The Morgan fingerprint density at radius 1 is 1.27 bits per heavy atom. The maximum Gasteiger partial charge on any atom is 0.142 e. The highest BCUT2D eigenvalue weighted by Crippen LogP contribution is 2.21. The zero-order valence-corrected chi connectivity index (χ0v) is 8.97. The first-order valence-electron chi connectivity index (χ1n) is 4.45. The van der Waals surface area contributed by atoms with E-state index in [1.165, 1.54) is 0 Å². The van der Waals surface area contributed by atoms with E-state index in [-0.39, 0.29) is 6.15 Å². The summed E-state index contributed by atoms with van der Waals surface area (Å²) in [6.07, 6.45) is 3.76. The topological polar surface area (TPSA) is 62.0 Å². The minimum Gasteiger partial charge on any atom is -0.495 e. The molecular weight excluding hydrogens is 190 g/mol. The molecule has 0 spiro atoms. The van der Waals surface area contributed by atoms with Crippen LogP contribution in [0.5, 0.6) is 5.75 Å².